The molecule has 2 aromatic heterocycles. The largest absolute Gasteiger partial charge is 0.493 e. The van der Waals surface area contributed by atoms with Crippen LogP contribution in [0.15, 0.2) is 40.3 Å². The van der Waals surface area contributed by atoms with E-state index in [0.717, 1.165) is 46.1 Å². The Kier molecular flexibility index (Phi) is 6.34. The van der Waals surface area contributed by atoms with Gasteiger partial charge < -0.3 is 9.47 Å². The molecular formula is C21H24N2O3S2. The third kappa shape index (κ3) is 4.11. The first kappa shape index (κ1) is 19.5. The van der Waals surface area contributed by atoms with E-state index < -0.39 is 0 Å². The number of fused-ring (bicyclic) bond motifs is 3. The van der Waals surface area contributed by atoms with Gasteiger partial charge in [-0.25, -0.2) is 4.98 Å². The Hall–Kier alpha value is -1.83. The highest BCUT2D eigenvalue weighted by atomic mass is 32.2. The normalized spacial score (nSPS) is 13.6. The van der Waals surface area contributed by atoms with Crippen LogP contribution in [0.25, 0.3) is 10.2 Å². The van der Waals surface area contributed by atoms with Crippen molar-refractivity contribution >= 4 is 33.3 Å². The summed E-state index contributed by atoms with van der Waals surface area (Å²) in [5.41, 5.74) is 1.31. The molecule has 0 saturated heterocycles. The molecule has 1 aliphatic carbocycles. The van der Waals surface area contributed by atoms with Crippen molar-refractivity contribution in [2.24, 2.45) is 0 Å². The lowest BCUT2D eigenvalue weighted by molar-refractivity contribution is 0.183. The molecule has 0 bridgehead atoms. The zero-order valence-corrected chi connectivity index (χ0v) is 17.6. The van der Waals surface area contributed by atoms with Crippen LogP contribution >= 0.6 is 23.1 Å². The van der Waals surface area contributed by atoms with Gasteiger partial charge in [-0.1, -0.05) is 30.0 Å². The van der Waals surface area contributed by atoms with Gasteiger partial charge in [0.05, 0.1) is 25.1 Å². The molecule has 0 N–H and O–H groups in total. The molecule has 0 saturated carbocycles. The Bertz CT molecular complexity index is 998. The lowest BCUT2D eigenvalue weighted by Gasteiger charge is -2.13. The minimum Gasteiger partial charge on any atom is -0.493 e. The molecule has 0 radical (unpaired) electrons. The molecule has 1 aliphatic rings. The zero-order valence-electron chi connectivity index (χ0n) is 16.0. The third-order valence-corrected chi connectivity index (χ3v) is 7.01. The second kappa shape index (κ2) is 9.11. The van der Waals surface area contributed by atoms with Crippen LogP contribution in [-0.2, 0) is 24.1 Å². The summed E-state index contributed by atoms with van der Waals surface area (Å²) in [5, 5.41) is 1.59. The molecule has 0 amide bonds. The van der Waals surface area contributed by atoms with Crippen LogP contribution in [0.4, 0.5) is 0 Å². The van der Waals surface area contributed by atoms with Gasteiger partial charge in [-0.05, 0) is 43.4 Å². The number of hydrogen-bond donors (Lipinski definition) is 0. The number of thiophene rings is 1. The van der Waals surface area contributed by atoms with Crippen LogP contribution in [-0.4, -0.2) is 35.6 Å². The molecular weight excluding hydrogens is 392 g/mol. The maximum atomic E-state index is 13.3. The highest BCUT2D eigenvalue weighted by molar-refractivity contribution is 7.99. The first-order chi connectivity index (χ1) is 13.8. The number of rotatable bonds is 8. The summed E-state index contributed by atoms with van der Waals surface area (Å²) in [5.74, 6) is 1.58. The van der Waals surface area contributed by atoms with E-state index in [1.165, 1.54) is 16.9 Å². The molecule has 5 nitrogen and oxygen atoms in total. The number of thioether (sulfide) groups is 1. The zero-order chi connectivity index (χ0) is 19.3. The number of nitrogens with zero attached hydrogens (tertiary/aromatic N) is 2. The van der Waals surface area contributed by atoms with E-state index in [1.807, 2.05) is 30.3 Å². The molecule has 0 spiro atoms. The van der Waals surface area contributed by atoms with Gasteiger partial charge in [-0.2, -0.15) is 0 Å². The number of hydrogen-bond acceptors (Lipinski definition) is 6. The fourth-order valence-electron chi connectivity index (χ4n) is 3.52. The maximum Gasteiger partial charge on any atom is 0.263 e. The minimum absolute atomic E-state index is 0.0768. The minimum atomic E-state index is 0.0768. The predicted molar refractivity (Wildman–Crippen MR) is 115 cm³/mol. The van der Waals surface area contributed by atoms with E-state index in [0.29, 0.717) is 19.8 Å². The lowest BCUT2D eigenvalue weighted by Crippen LogP contribution is -2.25. The second-order valence-corrected chi connectivity index (χ2v) is 8.89. The molecule has 28 heavy (non-hydrogen) atoms. The van der Waals surface area contributed by atoms with Gasteiger partial charge >= 0.3 is 0 Å². The average molecular weight is 417 g/mol. The number of methoxy groups -OCH3 is 1. The topological polar surface area (TPSA) is 53.4 Å². The van der Waals surface area contributed by atoms with Crippen LogP contribution in [0.2, 0.25) is 0 Å². The van der Waals surface area contributed by atoms with E-state index in [2.05, 4.69) is 0 Å². The SMILES string of the molecule is COCCn1c(SCCOc2ccccc2)nc2sc3c(c2c1=O)CCCC3. The van der Waals surface area contributed by atoms with E-state index in [-0.39, 0.29) is 5.56 Å². The van der Waals surface area contributed by atoms with Gasteiger partial charge in [0.15, 0.2) is 5.16 Å². The van der Waals surface area contributed by atoms with Crippen LogP contribution in [0.1, 0.15) is 23.3 Å². The summed E-state index contributed by atoms with van der Waals surface area (Å²) in [6.07, 6.45) is 4.43. The first-order valence-electron chi connectivity index (χ1n) is 9.62. The lowest BCUT2D eigenvalue weighted by atomic mass is 9.97. The monoisotopic (exact) mass is 416 g/mol. The van der Waals surface area contributed by atoms with Crippen molar-refractivity contribution in [3.05, 3.63) is 51.1 Å². The van der Waals surface area contributed by atoms with Gasteiger partial charge in [0.2, 0.25) is 0 Å². The fourth-order valence-corrected chi connectivity index (χ4v) is 5.66. The molecule has 3 aromatic rings. The molecule has 148 valence electrons. The number of aryl methyl sites for hydroxylation is 2. The van der Waals surface area contributed by atoms with Crippen molar-refractivity contribution in [3.8, 4) is 5.75 Å². The predicted octanol–water partition coefficient (Wildman–Crippen LogP) is 4.15. The molecule has 4 rings (SSSR count). The number of benzene rings is 1. The highest BCUT2D eigenvalue weighted by Gasteiger charge is 2.22. The summed E-state index contributed by atoms with van der Waals surface area (Å²) in [6, 6.07) is 9.77. The second-order valence-electron chi connectivity index (χ2n) is 6.74. The molecule has 0 atom stereocenters. The summed E-state index contributed by atoms with van der Waals surface area (Å²) < 4.78 is 12.8. The Morgan fingerprint density at radius 3 is 2.82 bits per heavy atom. The maximum absolute atomic E-state index is 13.3. The Morgan fingerprint density at radius 2 is 2.00 bits per heavy atom. The van der Waals surface area contributed by atoms with Gasteiger partial charge in [-0.15, -0.1) is 11.3 Å². The fraction of sp³-hybridized carbons (Fsp3) is 0.429. The number of para-hydroxylation sites is 1. The number of aromatic nitrogens is 2. The van der Waals surface area contributed by atoms with Crippen LogP contribution in [0.3, 0.4) is 0 Å². The first-order valence-corrected chi connectivity index (χ1v) is 11.4. The average Bonchev–Trinajstić information content (AvgIpc) is 3.10. The van der Waals surface area contributed by atoms with Gasteiger partial charge in [0.25, 0.3) is 5.56 Å². The van der Waals surface area contributed by atoms with E-state index in [4.69, 9.17) is 14.5 Å². The van der Waals surface area contributed by atoms with E-state index in [1.54, 1.807) is 34.8 Å². The molecule has 0 unspecified atom stereocenters. The molecule has 0 aliphatic heterocycles. The Morgan fingerprint density at radius 1 is 1.18 bits per heavy atom. The van der Waals surface area contributed by atoms with Crippen LogP contribution in [0, 0.1) is 0 Å². The highest BCUT2D eigenvalue weighted by Crippen LogP contribution is 2.34. The summed E-state index contributed by atoms with van der Waals surface area (Å²) >= 11 is 3.27. The molecule has 2 heterocycles. The van der Waals surface area contributed by atoms with E-state index in [9.17, 15) is 4.79 Å². The quantitative estimate of drug-likeness (QED) is 0.314. The third-order valence-electron chi connectivity index (χ3n) is 4.89. The van der Waals surface area contributed by atoms with Gasteiger partial charge in [-0.3, -0.25) is 9.36 Å². The molecule has 1 aromatic carbocycles. The standard InChI is InChI=1S/C21H24N2O3S2/c1-25-12-11-23-20(24)18-16-9-5-6-10-17(16)28-19(18)22-21(23)27-14-13-26-15-7-3-2-4-8-15/h2-4,7-8H,5-6,9-14H2,1H3. The Balaban J connectivity index is 1.58. The summed E-state index contributed by atoms with van der Waals surface area (Å²) in [6.45, 7) is 1.58. The van der Waals surface area contributed by atoms with Gasteiger partial charge in [0, 0.05) is 17.7 Å². The van der Waals surface area contributed by atoms with Crippen molar-refractivity contribution in [3.63, 3.8) is 0 Å². The van der Waals surface area contributed by atoms with Crippen molar-refractivity contribution in [2.45, 2.75) is 37.4 Å². The smallest absolute Gasteiger partial charge is 0.263 e. The van der Waals surface area contributed by atoms with Crippen molar-refractivity contribution < 1.29 is 9.47 Å². The van der Waals surface area contributed by atoms with Crippen molar-refractivity contribution in [1.29, 1.82) is 0 Å². The van der Waals surface area contributed by atoms with Crippen LogP contribution < -0.4 is 10.3 Å². The van der Waals surface area contributed by atoms with Gasteiger partial charge in [0.1, 0.15) is 10.6 Å². The van der Waals surface area contributed by atoms with Crippen LogP contribution in [0.5, 0.6) is 5.75 Å². The van der Waals surface area contributed by atoms with E-state index >= 15 is 0 Å². The molecule has 0 fully saturated rings. The summed E-state index contributed by atoms with van der Waals surface area (Å²) in [7, 11) is 1.66. The van der Waals surface area contributed by atoms with Crippen molar-refractivity contribution in [1.82, 2.24) is 9.55 Å². The van der Waals surface area contributed by atoms with Crippen molar-refractivity contribution in [2.75, 3.05) is 26.1 Å². The summed E-state index contributed by atoms with van der Waals surface area (Å²) in [4.78, 5) is 20.4. The number of ether oxygens (including phenoxy) is 2. The molecule has 7 heteroatoms. The Labute approximate surface area is 172 Å².